The molecule has 0 unspecified atom stereocenters. The van der Waals surface area contributed by atoms with Crippen LogP contribution in [-0.2, 0) is 26.0 Å². The number of morpholine rings is 1. The van der Waals surface area contributed by atoms with Gasteiger partial charge in [-0.1, -0.05) is 6.07 Å². The second-order valence-electron chi connectivity index (χ2n) is 5.50. The van der Waals surface area contributed by atoms with Gasteiger partial charge in [-0.3, -0.25) is 4.79 Å². The molecule has 0 radical (unpaired) electrons. The molecule has 1 aromatic heterocycles. The van der Waals surface area contributed by atoms with Crippen LogP contribution in [0.2, 0.25) is 0 Å². The van der Waals surface area contributed by atoms with Crippen molar-refractivity contribution >= 4 is 27.3 Å². The maximum atomic E-state index is 12.3. The first-order chi connectivity index (χ1) is 10.4. The summed E-state index contributed by atoms with van der Waals surface area (Å²) < 4.78 is 31.6. The molecule has 2 atom stereocenters. The molecule has 124 valence electrons. The number of amides is 1. The highest BCUT2D eigenvalue weighted by atomic mass is 32.2. The monoisotopic (exact) mass is 346 g/mol. The van der Waals surface area contributed by atoms with Gasteiger partial charge in [0.1, 0.15) is 0 Å². The number of rotatable bonds is 6. The molecule has 2 rings (SSSR count). The lowest BCUT2D eigenvalue weighted by atomic mass is 10.3. The number of nitrogens with one attached hydrogen (secondary N) is 1. The van der Waals surface area contributed by atoms with E-state index in [-0.39, 0.29) is 30.4 Å². The fourth-order valence-corrected chi connectivity index (χ4v) is 4.64. The summed E-state index contributed by atoms with van der Waals surface area (Å²) in [5.41, 5.74) is 0. The average Bonchev–Trinajstić information content (AvgIpc) is 2.90. The molecule has 0 aromatic carbocycles. The molecular weight excluding hydrogens is 324 g/mol. The van der Waals surface area contributed by atoms with E-state index in [1.54, 1.807) is 0 Å². The highest BCUT2D eigenvalue weighted by Crippen LogP contribution is 2.14. The maximum Gasteiger partial charge on any atom is 0.225 e. The molecule has 1 aliphatic heterocycles. The minimum Gasteiger partial charge on any atom is -0.373 e. The van der Waals surface area contributed by atoms with Crippen LogP contribution in [0.25, 0.3) is 0 Å². The number of hydrogen-bond acceptors (Lipinski definition) is 5. The van der Waals surface area contributed by atoms with E-state index in [9.17, 15) is 13.2 Å². The van der Waals surface area contributed by atoms with Crippen LogP contribution in [0.15, 0.2) is 17.5 Å². The molecule has 1 amide bonds. The van der Waals surface area contributed by atoms with E-state index >= 15 is 0 Å². The normalized spacial score (nSPS) is 23.4. The van der Waals surface area contributed by atoms with Crippen molar-refractivity contribution in [1.82, 2.24) is 9.62 Å². The van der Waals surface area contributed by atoms with E-state index in [0.29, 0.717) is 19.5 Å². The lowest BCUT2D eigenvalue weighted by Crippen LogP contribution is -2.49. The molecule has 1 saturated heterocycles. The van der Waals surface area contributed by atoms with Gasteiger partial charge < -0.3 is 10.1 Å². The Hall–Kier alpha value is -0.960. The molecule has 0 aliphatic carbocycles. The summed E-state index contributed by atoms with van der Waals surface area (Å²) in [5.74, 6) is -0.232. The van der Waals surface area contributed by atoms with Gasteiger partial charge in [0.2, 0.25) is 15.9 Å². The number of sulfonamides is 1. The first kappa shape index (κ1) is 17.4. The predicted octanol–water partition coefficient (Wildman–Crippen LogP) is 0.846. The Kier molecular flexibility index (Phi) is 5.96. The standard InChI is InChI=1S/C14H22N2O4S2/c1-11-9-16(10-12(2)20-11)22(18,19)7-5-15-14(17)8-13-4-3-6-21-13/h3-4,6,11-12H,5,7-10H2,1-2H3,(H,15,17)/t11-,12-/m0/s1. The largest absolute Gasteiger partial charge is 0.373 e. The molecule has 22 heavy (non-hydrogen) atoms. The van der Waals surface area contributed by atoms with Crippen LogP contribution < -0.4 is 5.32 Å². The van der Waals surface area contributed by atoms with Crippen molar-refractivity contribution in [2.75, 3.05) is 25.4 Å². The van der Waals surface area contributed by atoms with Crippen molar-refractivity contribution in [2.45, 2.75) is 32.5 Å². The molecule has 1 aromatic rings. The fourth-order valence-electron chi connectivity index (χ4n) is 2.44. The summed E-state index contributed by atoms with van der Waals surface area (Å²) in [6.45, 7) is 4.60. The number of ether oxygens (including phenoxy) is 1. The number of hydrogen-bond donors (Lipinski definition) is 1. The first-order valence-corrected chi connectivity index (χ1v) is 9.78. The number of carbonyl (C=O) groups is 1. The Morgan fingerprint density at radius 3 is 2.68 bits per heavy atom. The average molecular weight is 346 g/mol. The zero-order valence-electron chi connectivity index (χ0n) is 12.8. The number of nitrogens with zero attached hydrogens (tertiary/aromatic N) is 1. The molecule has 2 heterocycles. The maximum absolute atomic E-state index is 12.3. The molecule has 0 bridgehead atoms. The van der Waals surface area contributed by atoms with E-state index in [1.807, 2.05) is 31.4 Å². The van der Waals surface area contributed by atoms with Gasteiger partial charge in [-0.15, -0.1) is 11.3 Å². The molecule has 1 aliphatic rings. The second kappa shape index (κ2) is 7.54. The smallest absolute Gasteiger partial charge is 0.225 e. The minimum atomic E-state index is -3.37. The molecule has 1 fully saturated rings. The summed E-state index contributed by atoms with van der Waals surface area (Å²) in [7, 11) is -3.37. The summed E-state index contributed by atoms with van der Waals surface area (Å²) in [4.78, 5) is 12.7. The van der Waals surface area contributed by atoms with Gasteiger partial charge in [0.05, 0.1) is 24.4 Å². The van der Waals surface area contributed by atoms with Crippen LogP contribution in [0.5, 0.6) is 0 Å². The second-order valence-corrected chi connectivity index (χ2v) is 8.62. The minimum absolute atomic E-state index is 0.0807. The predicted molar refractivity (Wildman–Crippen MR) is 86.4 cm³/mol. The Morgan fingerprint density at radius 2 is 2.09 bits per heavy atom. The fraction of sp³-hybridized carbons (Fsp3) is 0.643. The van der Waals surface area contributed by atoms with Gasteiger partial charge in [-0.2, -0.15) is 4.31 Å². The zero-order chi connectivity index (χ0) is 16.2. The number of carbonyl (C=O) groups excluding carboxylic acids is 1. The van der Waals surface area contributed by atoms with E-state index in [1.165, 1.54) is 15.6 Å². The Labute approximate surface area is 135 Å². The van der Waals surface area contributed by atoms with Crippen molar-refractivity contribution in [3.63, 3.8) is 0 Å². The Balaban J connectivity index is 1.78. The molecule has 0 saturated carbocycles. The van der Waals surface area contributed by atoms with Gasteiger partial charge in [0, 0.05) is 24.5 Å². The van der Waals surface area contributed by atoms with Gasteiger partial charge in [0.15, 0.2) is 0 Å². The summed E-state index contributed by atoms with van der Waals surface area (Å²) in [5, 5.41) is 4.58. The van der Waals surface area contributed by atoms with Crippen LogP contribution in [0, 0.1) is 0 Å². The highest BCUT2D eigenvalue weighted by Gasteiger charge is 2.30. The van der Waals surface area contributed by atoms with Crippen molar-refractivity contribution in [3.05, 3.63) is 22.4 Å². The summed E-state index contributed by atoms with van der Waals surface area (Å²) >= 11 is 1.51. The van der Waals surface area contributed by atoms with Crippen LogP contribution in [0.4, 0.5) is 0 Å². The van der Waals surface area contributed by atoms with Crippen LogP contribution in [0.3, 0.4) is 0 Å². The third-order valence-corrected chi connectivity index (χ3v) is 6.06. The lowest BCUT2D eigenvalue weighted by Gasteiger charge is -2.34. The van der Waals surface area contributed by atoms with Crippen molar-refractivity contribution < 1.29 is 17.9 Å². The third-order valence-electron chi connectivity index (χ3n) is 3.38. The van der Waals surface area contributed by atoms with Gasteiger partial charge in [-0.05, 0) is 25.3 Å². The molecular formula is C14H22N2O4S2. The zero-order valence-corrected chi connectivity index (χ0v) is 14.5. The van der Waals surface area contributed by atoms with Crippen molar-refractivity contribution in [2.24, 2.45) is 0 Å². The van der Waals surface area contributed by atoms with Crippen LogP contribution >= 0.6 is 11.3 Å². The highest BCUT2D eigenvalue weighted by molar-refractivity contribution is 7.89. The topological polar surface area (TPSA) is 75.7 Å². The quantitative estimate of drug-likeness (QED) is 0.828. The molecule has 6 nitrogen and oxygen atoms in total. The lowest BCUT2D eigenvalue weighted by molar-refractivity contribution is -0.120. The van der Waals surface area contributed by atoms with E-state index in [2.05, 4.69) is 5.32 Å². The van der Waals surface area contributed by atoms with Gasteiger partial charge in [-0.25, -0.2) is 8.42 Å². The Morgan fingerprint density at radius 1 is 1.41 bits per heavy atom. The van der Waals surface area contributed by atoms with Crippen LogP contribution in [0.1, 0.15) is 18.7 Å². The van der Waals surface area contributed by atoms with Gasteiger partial charge >= 0.3 is 0 Å². The molecule has 8 heteroatoms. The van der Waals surface area contributed by atoms with E-state index < -0.39 is 10.0 Å². The summed E-state index contributed by atoms with van der Waals surface area (Å²) in [6, 6.07) is 3.77. The third kappa shape index (κ3) is 5.05. The summed E-state index contributed by atoms with van der Waals surface area (Å²) in [6.07, 6.45) is 0.0856. The van der Waals surface area contributed by atoms with Gasteiger partial charge in [0.25, 0.3) is 0 Å². The Bertz CT molecular complexity index is 576. The molecule has 1 N–H and O–H groups in total. The first-order valence-electron chi connectivity index (χ1n) is 7.29. The van der Waals surface area contributed by atoms with Crippen molar-refractivity contribution in [3.8, 4) is 0 Å². The number of thiophene rings is 1. The van der Waals surface area contributed by atoms with Crippen molar-refractivity contribution in [1.29, 1.82) is 0 Å². The van der Waals surface area contributed by atoms with Crippen LogP contribution in [-0.4, -0.2) is 56.2 Å². The SMILES string of the molecule is C[C@H]1CN(S(=O)(=O)CCNC(=O)Cc2cccs2)C[C@H](C)O1. The molecule has 0 spiro atoms. The van der Waals surface area contributed by atoms with E-state index in [0.717, 1.165) is 4.88 Å². The van der Waals surface area contributed by atoms with E-state index in [4.69, 9.17) is 4.74 Å².